The molecule has 1 saturated heterocycles. The normalized spacial score (nSPS) is 20.7. The van der Waals surface area contributed by atoms with Crippen molar-refractivity contribution < 1.29 is 20.4 Å². The van der Waals surface area contributed by atoms with E-state index in [-0.39, 0.29) is 18.0 Å². The fraction of sp³-hybridized carbons (Fsp3) is 0.633. The van der Waals surface area contributed by atoms with Crippen LogP contribution in [0.1, 0.15) is 79.4 Å². The van der Waals surface area contributed by atoms with Gasteiger partial charge in [-0.25, -0.2) is 4.98 Å². The van der Waals surface area contributed by atoms with Gasteiger partial charge in [-0.3, -0.25) is 14.5 Å². The maximum Gasteiger partial charge on any atom is 0.320 e. The summed E-state index contributed by atoms with van der Waals surface area (Å²) >= 11 is 0. The van der Waals surface area contributed by atoms with Crippen LogP contribution >= 0.6 is 0 Å². The van der Waals surface area contributed by atoms with E-state index in [2.05, 4.69) is 4.98 Å². The summed E-state index contributed by atoms with van der Waals surface area (Å²) in [6, 6.07) is 7.25. The molecule has 3 atom stereocenters. The van der Waals surface area contributed by atoms with Crippen LogP contribution in [0.2, 0.25) is 0 Å². The Kier molecular flexibility index (Phi) is 9.70. The predicted octanol–water partition coefficient (Wildman–Crippen LogP) is 4.94. The molecule has 2 aromatic rings. The average molecular weight is 526 g/mol. The van der Waals surface area contributed by atoms with E-state index in [1.54, 1.807) is 6.20 Å². The van der Waals surface area contributed by atoms with E-state index < -0.39 is 18.5 Å². The molecule has 0 spiro atoms. The van der Waals surface area contributed by atoms with Crippen molar-refractivity contribution in [3.8, 4) is 5.75 Å². The molecule has 208 valence electrons. The minimum Gasteiger partial charge on any atom is -0.493 e. The highest BCUT2D eigenvalue weighted by molar-refractivity contribution is 5.91. The van der Waals surface area contributed by atoms with E-state index in [1.165, 1.54) is 0 Å². The Bertz CT molecular complexity index is 1110. The molecule has 1 aliphatic heterocycles. The first-order chi connectivity index (χ1) is 18.9. The SMILES string of the molecule is [2H]C(C(=O)OCCC)N(C1CCCCC1)[C@@H](C)C(=O)N1CCCCC1CCOc1ccc2c(N)nccc2c1. The summed E-state index contributed by atoms with van der Waals surface area (Å²) in [5.41, 5.74) is 5.97. The summed E-state index contributed by atoms with van der Waals surface area (Å²) in [6.07, 6.45) is 11.1. The molecule has 2 fully saturated rings. The van der Waals surface area contributed by atoms with Gasteiger partial charge in [0.05, 0.1) is 27.1 Å². The third-order valence-electron chi connectivity index (χ3n) is 7.90. The van der Waals surface area contributed by atoms with Gasteiger partial charge in [0.25, 0.3) is 0 Å². The lowest BCUT2D eigenvalue weighted by Gasteiger charge is -2.42. The number of hydrogen-bond donors (Lipinski definition) is 1. The van der Waals surface area contributed by atoms with Gasteiger partial charge >= 0.3 is 5.97 Å². The second-order valence-electron chi connectivity index (χ2n) is 10.6. The summed E-state index contributed by atoms with van der Waals surface area (Å²) < 4.78 is 20.2. The molecule has 0 radical (unpaired) electrons. The quantitative estimate of drug-likeness (QED) is 0.415. The van der Waals surface area contributed by atoms with Gasteiger partial charge in [-0.05, 0) is 75.1 Å². The number of nitrogens with two attached hydrogens (primary N) is 1. The standard InChI is InChI=1S/C30H44N4O4/c1-3-18-38-28(35)21-34(24-9-5-4-6-10-24)22(2)30(36)33-17-8-7-11-25(33)15-19-37-26-12-13-27-23(20-26)14-16-32-29(27)31/h12-14,16,20,22,24-25H,3-11,15,17-19,21H2,1-2H3,(H2,31,32)/t22-,25?/m0/s1/i21D/t21?,22-,25?. The molecule has 8 heteroatoms. The molecule has 2 N–H and O–H groups in total. The van der Waals surface area contributed by atoms with Crippen molar-refractivity contribution in [3.05, 3.63) is 30.5 Å². The molecule has 38 heavy (non-hydrogen) atoms. The number of hydrogen-bond acceptors (Lipinski definition) is 7. The van der Waals surface area contributed by atoms with Crippen LogP contribution in [0, 0.1) is 0 Å². The van der Waals surface area contributed by atoms with Crippen LogP contribution in [0.15, 0.2) is 30.5 Å². The maximum absolute atomic E-state index is 13.9. The van der Waals surface area contributed by atoms with Crippen molar-refractivity contribution >= 4 is 28.5 Å². The molecule has 8 nitrogen and oxygen atoms in total. The van der Waals surface area contributed by atoms with Crippen molar-refractivity contribution in [1.29, 1.82) is 0 Å². The van der Waals surface area contributed by atoms with Crippen molar-refractivity contribution in [2.75, 3.05) is 32.0 Å². The third-order valence-corrected chi connectivity index (χ3v) is 7.90. The third kappa shape index (κ3) is 7.16. The number of benzene rings is 1. The first-order valence-corrected chi connectivity index (χ1v) is 14.3. The van der Waals surface area contributed by atoms with Crippen molar-refractivity contribution in [2.45, 2.75) is 96.2 Å². The van der Waals surface area contributed by atoms with Crippen LogP contribution in [0.25, 0.3) is 10.8 Å². The first kappa shape index (κ1) is 26.7. The minimum atomic E-state index is -1.19. The predicted molar refractivity (Wildman–Crippen MR) is 150 cm³/mol. The first-order valence-electron chi connectivity index (χ1n) is 14.9. The summed E-state index contributed by atoms with van der Waals surface area (Å²) in [6.45, 7) is 4.09. The number of anilines is 1. The van der Waals surface area contributed by atoms with Crippen LogP contribution < -0.4 is 10.5 Å². The molecule has 2 unspecified atom stereocenters. The van der Waals surface area contributed by atoms with E-state index in [4.69, 9.17) is 16.6 Å². The number of aromatic nitrogens is 1. The Balaban J connectivity index is 1.42. The van der Waals surface area contributed by atoms with Gasteiger partial charge in [0, 0.05) is 36.6 Å². The van der Waals surface area contributed by atoms with Gasteiger partial charge in [0.15, 0.2) is 0 Å². The summed E-state index contributed by atoms with van der Waals surface area (Å²) in [7, 11) is 0. The smallest absolute Gasteiger partial charge is 0.320 e. The molecule has 1 aromatic carbocycles. The fourth-order valence-electron chi connectivity index (χ4n) is 5.81. The van der Waals surface area contributed by atoms with E-state index in [9.17, 15) is 9.59 Å². The molecule has 4 rings (SSSR count). The molecule has 1 aromatic heterocycles. The fourth-order valence-corrected chi connectivity index (χ4v) is 5.81. The van der Waals surface area contributed by atoms with Gasteiger partial charge in [-0.1, -0.05) is 26.2 Å². The Morgan fingerprint density at radius 3 is 2.74 bits per heavy atom. The largest absolute Gasteiger partial charge is 0.493 e. The van der Waals surface area contributed by atoms with E-state index >= 15 is 0 Å². The summed E-state index contributed by atoms with van der Waals surface area (Å²) in [5, 5.41) is 1.88. The summed E-state index contributed by atoms with van der Waals surface area (Å²) in [5.74, 6) is 0.708. The number of nitrogens with zero attached hydrogens (tertiary/aromatic N) is 3. The zero-order valence-corrected chi connectivity index (χ0v) is 22.9. The Hall–Kier alpha value is -2.87. The lowest BCUT2D eigenvalue weighted by Crippen LogP contribution is -2.56. The highest BCUT2D eigenvalue weighted by Gasteiger charge is 2.36. The zero-order chi connectivity index (χ0) is 27.8. The average Bonchev–Trinajstić information content (AvgIpc) is 2.96. The molecular weight excluding hydrogens is 480 g/mol. The Morgan fingerprint density at radius 2 is 1.95 bits per heavy atom. The van der Waals surface area contributed by atoms with Gasteiger partial charge in [-0.2, -0.15) is 0 Å². The van der Waals surface area contributed by atoms with Crippen molar-refractivity contribution in [2.24, 2.45) is 0 Å². The Labute approximate surface area is 228 Å². The molecule has 1 aliphatic carbocycles. The number of likely N-dealkylation sites (tertiary alicyclic amines) is 1. The molecular formula is C30H44N4O4. The number of rotatable bonds is 11. The number of nitrogen functional groups attached to an aromatic ring is 1. The highest BCUT2D eigenvalue weighted by Crippen LogP contribution is 2.28. The number of pyridine rings is 1. The number of ether oxygens (including phenoxy) is 2. The number of carbonyl (C=O) groups excluding carboxylic acids is 2. The van der Waals surface area contributed by atoms with Crippen molar-refractivity contribution in [1.82, 2.24) is 14.8 Å². The molecule has 1 amide bonds. The lowest BCUT2D eigenvalue weighted by molar-refractivity contribution is -0.150. The second kappa shape index (κ2) is 13.8. The number of esters is 1. The zero-order valence-electron chi connectivity index (χ0n) is 23.9. The van der Waals surface area contributed by atoms with Crippen molar-refractivity contribution in [3.63, 3.8) is 0 Å². The van der Waals surface area contributed by atoms with Crippen LogP contribution in [-0.2, 0) is 14.3 Å². The molecule has 1 saturated carbocycles. The number of carbonyl (C=O) groups is 2. The van der Waals surface area contributed by atoms with Gasteiger partial charge in [0.2, 0.25) is 5.91 Å². The lowest BCUT2D eigenvalue weighted by atomic mass is 9.92. The van der Waals surface area contributed by atoms with E-state index in [0.717, 1.165) is 74.3 Å². The number of fused-ring (bicyclic) bond motifs is 1. The van der Waals surface area contributed by atoms with Gasteiger partial charge in [0.1, 0.15) is 11.6 Å². The second-order valence-corrected chi connectivity index (χ2v) is 10.6. The summed E-state index contributed by atoms with van der Waals surface area (Å²) in [4.78, 5) is 34.6. The number of amides is 1. The van der Waals surface area contributed by atoms with Crippen LogP contribution in [0.4, 0.5) is 5.82 Å². The van der Waals surface area contributed by atoms with Crippen LogP contribution in [0.3, 0.4) is 0 Å². The monoisotopic (exact) mass is 525 g/mol. The maximum atomic E-state index is 13.9. The van der Waals surface area contributed by atoms with Crippen LogP contribution in [-0.4, -0.2) is 71.1 Å². The molecule has 2 heterocycles. The van der Waals surface area contributed by atoms with Gasteiger partial charge in [-0.15, -0.1) is 0 Å². The Morgan fingerprint density at radius 1 is 1.16 bits per heavy atom. The van der Waals surface area contributed by atoms with E-state index in [0.29, 0.717) is 32.0 Å². The highest BCUT2D eigenvalue weighted by atomic mass is 16.5. The molecule has 2 aliphatic rings. The molecule has 0 bridgehead atoms. The van der Waals surface area contributed by atoms with Crippen LogP contribution in [0.5, 0.6) is 5.75 Å². The van der Waals surface area contributed by atoms with E-state index in [1.807, 2.05) is 47.9 Å². The topological polar surface area (TPSA) is 98.0 Å². The van der Waals surface area contributed by atoms with Gasteiger partial charge < -0.3 is 20.1 Å². The number of piperidine rings is 1. The minimum absolute atomic E-state index is 0.000467.